The fourth-order valence-corrected chi connectivity index (χ4v) is 3.40. The van der Waals surface area contributed by atoms with Gasteiger partial charge in [0.05, 0.1) is 17.9 Å². The molecule has 0 spiro atoms. The molecule has 0 bridgehead atoms. The number of quaternary nitrogens is 1. The van der Waals surface area contributed by atoms with Gasteiger partial charge in [-0.15, -0.1) is 0 Å². The van der Waals surface area contributed by atoms with E-state index >= 15 is 0 Å². The Balaban J connectivity index is 1.88. The van der Waals surface area contributed by atoms with Gasteiger partial charge in [0, 0.05) is 21.3 Å². The zero-order valence-corrected chi connectivity index (χ0v) is 19.7. The number of benzene rings is 3. The van der Waals surface area contributed by atoms with Gasteiger partial charge in [0.2, 0.25) is 5.91 Å². The molecule has 8 heteroatoms. The number of carbonyl (C=O) groups is 3. The standard InChI is InChI=1S/C24H22BrN3O3S/c25-17-8-6-15(7-9-17)12-22(29)28-21-11-10-18(27-24(31)20(26)14-32)13-19(21)23(30)16-4-2-1-3-5-16/h1-11,13,20,32H,12,14,26H2,(H,27,31)(H,28,29)/p+1/t20-/m0/s1. The van der Waals surface area contributed by atoms with Gasteiger partial charge in [-0.2, -0.15) is 12.6 Å². The van der Waals surface area contributed by atoms with Crippen LogP contribution in [0.3, 0.4) is 0 Å². The first-order valence-corrected chi connectivity index (χ1v) is 11.3. The molecule has 5 N–H and O–H groups in total. The van der Waals surface area contributed by atoms with Crippen molar-refractivity contribution < 1.29 is 20.1 Å². The van der Waals surface area contributed by atoms with Crippen molar-refractivity contribution in [1.29, 1.82) is 0 Å². The van der Waals surface area contributed by atoms with E-state index in [1.807, 2.05) is 30.3 Å². The highest BCUT2D eigenvalue weighted by molar-refractivity contribution is 9.10. The summed E-state index contributed by atoms with van der Waals surface area (Å²) in [5.41, 5.74) is 6.16. The smallest absolute Gasteiger partial charge is 0.283 e. The third kappa shape index (κ3) is 6.29. The fraction of sp³-hybridized carbons (Fsp3) is 0.125. The first-order valence-electron chi connectivity index (χ1n) is 9.90. The van der Waals surface area contributed by atoms with E-state index in [-0.39, 0.29) is 29.6 Å². The average Bonchev–Trinajstić information content (AvgIpc) is 2.81. The number of nitrogens with one attached hydrogen (secondary N) is 2. The molecule has 0 heterocycles. The quantitative estimate of drug-likeness (QED) is 0.275. The molecular formula is C24H23BrN3O3S+. The van der Waals surface area contributed by atoms with Crippen LogP contribution in [0.25, 0.3) is 0 Å². The summed E-state index contributed by atoms with van der Waals surface area (Å²) in [6.45, 7) is 0. The predicted molar refractivity (Wildman–Crippen MR) is 132 cm³/mol. The largest absolute Gasteiger partial charge is 0.347 e. The molecule has 0 aliphatic heterocycles. The molecule has 0 aliphatic carbocycles. The Hall–Kier alpha value is -2.94. The molecule has 3 rings (SSSR count). The summed E-state index contributed by atoms with van der Waals surface area (Å²) in [5.74, 6) is -0.517. The number of hydrogen-bond acceptors (Lipinski definition) is 4. The van der Waals surface area contributed by atoms with E-state index in [1.165, 1.54) is 0 Å². The van der Waals surface area contributed by atoms with E-state index < -0.39 is 6.04 Å². The van der Waals surface area contributed by atoms with E-state index in [1.54, 1.807) is 42.5 Å². The molecule has 0 aliphatic rings. The molecule has 0 aromatic heterocycles. The van der Waals surface area contributed by atoms with E-state index in [2.05, 4.69) is 44.9 Å². The van der Waals surface area contributed by atoms with Gasteiger partial charge in [0.1, 0.15) is 0 Å². The van der Waals surface area contributed by atoms with Crippen LogP contribution >= 0.6 is 28.6 Å². The zero-order valence-electron chi connectivity index (χ0n) is 17.2. The number of carbonyl (C=O) groups excluding carboxylic acids is 3. The normalized spacial score (nSPS) is 11.5. The highest BCUT2D eigenvalue weighted by Crippen LogP contribution is 2.24. The van der Waals surface area contributed by atoms with E-state index in [0.717, 1.165) is 10.0 Å². The van der Waals surface area contributed by atoms with Crippen LogP contribution in [0.1, 0.15) is 21.5 Å². The maximum Gasteiger partial charge on any atom is 0.283 e. The number of hydrogen-bond donors (Lipinski definition) is 4. The van der Waals surface area contributed by atoms with Crippen molar-refractivity contribution in [2.45, 2.75) is 12.5 Å². The van der Waals surface area contributed by atoms with E-state index in [0.29, 0.717) is 22.7 Å². The fourth-order valence-electron chi connectivity index (χ4n) is 2.97. The molecule has 3 aromatic rings. The van der Waals surface area contributed by atoms with Crippen LogP contribution in [0.2, 0.25) is 0 Å². The molecule has 1 atom stereocenters. The summed E-state index contributed by atoms with van der Waals surface area (Å²) in [6, 6.07) is 20.5. The lowest BCUT2D eigenvalue weighted by molar-refractivity contribution is -0.395. The molecule has 164 valence electrons. The van der Waals surface area contributed by atoms with Crippen LogP contribution in [0, 0.1) is 0 Å². The summed E-state index contributed by atoms with van der Waals surface area (Å²) >= 11 is 7.47. The Morgan fingerprint density at radius 1 is 0.938 bits per heavy atom. The maximum atomic E-state index is 13.2. The lowest BCUT2D eigenvalue weighted by Gasteiger charge is -2.14. The number of halogens is 1. The van der Waals surface area contributed by atoms with E-state index in [4.69, 9.17) is 0 Å². The minimum absolute atomic E-state index is 0.163. The van der Waals surface area contributed by atoms with Crippen LogP contribution in [-0.2, 0) is 16.0 Å². The highest BCUT2D eigenvalue weighted by Gasteiger charge is 2.19. The molecule has 0 radical (unpaired) electrons. The second kappa shape index (κ2) is 11.1. The molecule has 2 amide bonds. The van der Waals surface area contributed by atoms with Gasteiger partial charge in [-0.25, -0.2) is 0 Å². The van der Waals surface area contributed by atoms with Crippen molar-refractivity contribution >= 4 is 57.5 Å². The monoisotopic (exact) mass is 512 g/mol. The summed E-state index contributed by atoms with van der Waals surface area (Å²) < 4.78 is 0.928. The van der Waals surface area contributed by atoms with Crippen molar-refractivity contribution in [3.63, 3.8) is 0 Å². The van der Waals surface area contributed by atoms with Gasteiger partial charge in [-0.05, 0) is 35.9 Å². The molecule has 6 nitrogen and oxygen atoms in total. The lowest BCUT2D eigenvalue weighted by Crippen LogP contribution is -2.67. The van der Waals surface area contributed by atoms with Gasteiger partial charge in [0.15, 0.2) is 11.8 Å². The summed E-state index contributed by atoms with van der Waals surface area (Å²) in [5, 5.41) is 5.58. The Morgan fingerprint density at radius 2 is 1.62 bits per heavy atom. The summed E-state index contributed by atoms with van der Waals surface area (Å²) in [6.07, 6.45) is 0.163. The van der Waals surface area contributed by atoms with Crippen LogP contribution in [0.15, 0.2) is 77.3 Å². The second-order valence-corrected chi connectivity index (χ2v) is 8.46. The van der Waals surface area contributed by atoms with Crippen molar-refractivity contribution in [2.24, 2.45) is 0 Å². The molecule has 32 heavy (non-hydrogen) atoms. The molecule has 0 fully saturated rings. The zero-order chi connectivity index (χ0) is 23.1. The van der Waals surface area contributed by atoms with Crippen molar-refractivity contribution in [3.8, 4) is 0 Å². The summed E-state index contributed by atoms with van der Waals surface area (Å²) in [7, 11) is 0. The Kier molecular flexibility index (Phi) is 8.21. The first kappa shape index (κ1) is 23.7. The number of thiol groups is 1. The molecule has 3 aromatic carbocycles. The Morgan fingerprint density at radius 3 is 2.28 bits per heavy atom. The second-order valence-electron chi connectivity index (χ2n) is 7.18. The van der Waals surface area contributed by atoms with Crippen LogP contribution in [0.4, 0.5) is 11.4 Å². The Bertz CT molecular complexity index is 1120. The third-order valence-electron chi connectivity index (χ3n) is 4.71. The molecule has 0 saturated heterocycles. The minimum atomic E-state index is -0.531. The maximum absolute atomic E-state index is 13.2. The number of anilines is 2. The predicted octanol–water partition coefficient (Wildman–Crippen LogP) is 3.34. The first-order chi connectivity index (χ1) is 15.4. The van der Waals surface area contributed by atoms with Crippen LogP contribution in [-0.4, -0.2) is 29.4 Å². The molecular weight excluding hydrogens is 490 g/mol. The van der Waals surface area contributed by atoms with E-state index in [9.17, 15) is 14.4 Å². The van der Waals surface area contributed by atoms with Crippen LogP contribution in [0.5, 0.6) is 0 Å². The average molecular weight is 513 g/mol. The SMILES string of the molecule is [NH3+][C@@H](CS)C(=O)Nc1ccc(NC(=O)Cc2ccc(Br)cc2)c(C(=O)c2ccccc2)c1. The number of rotatable bonds is 8. The van der Waals surface area contributed by atoms with Crippen molar-refractivity contribution in [2.75, 3.05) is 16.4 Å². The molecule has 0 saturated carbocycles. The lowest BCUT2D eigenvalue weighted by atomic mass is 10.0. The Labute approximate surface area is 200 Å². The summed E-state index contributed by atoms with van der Waals surface area (Å²) in [4.78, 5) is 38.0. The topological polar surface area (TPSA) is 103 Å². The molecule has 0 unspecified atom stereocenters. The van der Waals surface area contributed by atoms with Crippen LogP contribution < -0.4 is 16.4 Å². The third-order valence-corrected chi connectivity index (χ3v) is 5.68. The van der Waals surface area contributed by atoms with Gasteiger partial charge >= 0.3 is 0 Å². The van der Waals surface area contributed by atoms with Gasteiger partial charge in [-0.3, -0.25) is 14.4 Å². The number of ketones is 1. The highest BCUT2D eigenvalue weighted by atomic mass is 79.9. The van der Waals surface area contributed by atoms with Crippen molar-refractivity contribution in [3.05, 3.63) is 94.0 Å². The minimum Gasteiger partial charge on any atom is -0.347 e. The van der Waals surface area contributed by atoms with Gasteiger partial charge < -0.3 is 16.4 Å². The van der Waals surface area contributed by atoms with Gasteiger partial charge in [-0.1, -0.05) is 58.4 Å². The van der Waals surface area contributed by atoms with Crippen molar-refractivity contribution in [1.82, 2.24) is 0 Å². The number of amides is 2. The van der Waals surface area contributed by atoms with Gasteiger partial charge in [0.25, 0.3) is 5.91 Å².